The number of methoxy groups -OCH3 is 1. The zero-order valence-corrected chi connectivity index (χ0v) is 10.4. The maximum atomic E-state index is 11.6. The zero-order chi connectivity index (χ0) is 12.0. The zero-order valence-electron chi connectivity index (χ0n) is 8.81. The first-order chi connectivity index (χ1) is 7.60. The Bertz CT molecular complexity index is 419. The number of rotatable bonds is 6. The van der Waals surface area contributed by atoms with Crippen molar-refractivity contribution >= 4 is 21.6 Å². The van der Waals surface area contributed by atoms with Crippen LogP contribution in [0.4, 0.5) is 0 Å². The van der Waals surface area contributed by atoms with Gasteiger partial charge >= 0.3 is 0 Å². The van der Waals surface area contributed by atoms with Crippen molar-refractivity contribution in [3.8, 4) is 0 Å². The molecule has 0 aliphatic rings. The lowest BCUT2D eigenvalue weighted by Gasteiger charge is -2.05. The van der Waals surface area contributed by atoms with Gasteiger partial charge in [0.1, 0.15) is 0 Å². The summed E-state index contributed by atoms with van der Waals surface area (Å²) in [6, 6.07) is 3.05. The number of nitrogens with one attached hydrogen (secondary N) is 1. The van der Waals surface area contributed by atoms with Crippen LogP contribution in [0.25, 0.3) is 0 Å². The maximum Gasteiger partial charge on any atom is 0.258 e. The molecular weight excluding hydrogens is 252 g/mol. The van der Waals surface area contributed by atoms with Crippen LogP contribution in [0.1, 0.15) is 5.56 Å². The van der Waals surface area contributed by atoms with Gasteiger partial charge in [0.2, 0.25) is 0 Å². The van der Waals surface area contributed by atoms with Gasteiger partial charge in [-0.1, -0.05) is 6.07 Å². The molecule has 0 aliphatic carbocycles. The molecule has 0 atom stereocenters. The van der Waals surface area contributed by atoms with Gasteiger partial charge in [-0.3, -0.25) is 0 Å². The Morgan fingerprint density at radius 3 is 2.75 bits per heavy atom. The summed E-state index contributed by atoms with van der Waals surface area (Å²) in [6.07, 6.45) is 1.44. The summed E-state index contributed by atoms with van der Waals surface area (Å²) >= 11 is 5.57. The third-order valence-corrected chi connectivity index (χ3v) is 3.51. The van der Waals surface area contributed by atoms with Gasteiger partial charge < -0.3 is 4.74 Å². The molecule has 0 unspecified atom stereocenters. The summed E-state index contributed by atoms with van der Waals surface area (Å²) < 4.78 is 30.4. The van der Waals surface area contributed by atoms with Gasteiger partial charge in [-0.15, -0.1) is 11.6 Å². The van der Waals surface area contributed by atoms with E-state index < -0.39 is 10.0 Å². The van der Waals surface area contributed by atoms with Crippen LogP contribution in [-0.2, 0) is 20.6 Å². The molecule has 90 valence electrons. The molecule has 7 heteroatoms. The van der Waals surface area contributed by atoms with Gasteiger partial charge in [-0.05, 0) is 11.6 Å². The number of ether oxygens (including phenoxy) is 1. The third-order valence-electron chi connectivity index (χ3n) is 1.83. The first kappa shape index (κ1) is 13.4. The van der Waals surface area contributed by atoms with Gasteiger partial charge in [-0.25, -0.2) is 18.1 Å². The molecule has 0 aliphatic heterocycles. The Morgan fingerprint density at radius 2 is 2.25 bits per heavy atom. The van der Waals surface area contributed by atoms with Crippen molar-refractivity contribution in [2.24, 2.45) is 0 Å². The van der Waals surface area contributed by atoms with Crippen LogP contribution < -0.4 is 4.72 Å². The lowest BCUT2D eigenvalue weighted by molar-refractivity contribution is 0.204. The van der Waals surface area contributed by atoms with Crippen LogP contribution in [0.15, 0.2) is 23.4 Å². The van der Waals surface area contributed by atoms with Crippen molar-refractivity contribution in [1.29, 1.82) is 0 Å². The average molecular weight is 265 g/mol. The molecule has 1 heterocycles. The van der Waals surface area contributed by atoms with Crippen LogP contribution in [0.5, 0.6) is 0 Å². The second kappa shape index (κ2) is 6.15. The van der Waals surface area contributed by atoms with E-state index in [0.717, 1.165) is 5.56 Å². The molecule has 1 aromatic heterocycles. The SMILES string of the molecule is COCCNS(=O)(=O)c1ccc(CCl)cn1. The highest BCUT2D eigenvalue weighted by atomic mass is 35.5. The molecule has 0 spiro atoms. The molecule has 0 saturated carbocycles. The number of halogens is 1. The molecule has 0 radical (unpaired) electrons. The molecule has 1 N–H and O–H groups in total. The van der Waals surface area contributed by atoms with E-state index in [4.69, 9.17) is 16.3 Å². The number of hydrogen-bond donors (Lipinski definition) is 1. The summed E-state index contributed by atoms with van der Waals surface area (Å²) in [4.78, 5) is 3.82. The number of pyridine rings is 1. The average Bonchev–Trinajstić information content (AvgIpc) is 2.29. The van der Waals surface area contributed by atoms with Gasteiger partial charge in [0.15, 0.2) is 5.03 Å². The molecule has 0 saturated heterocycles. The minimum absolute atomic E-state index is 0.0162. The smallest absolute Gasteiger partial charge is 0.258 e. The molecule has 0 amide bonds. The molecule has 0 bridgehead atoms. The highest BCUT2D eigenvalue weighted by molar-refractivity contribution is 7.89. The van der Waals surface area contributed by atoms with Crippen LogP contribution in [-0.4, -0.2) is 33.7 Å². The Kier molecular flexibility index (Phi) is 5.14. The number of hydrogen-bond acceptors (Lipinski definition) is 4. The maximum absolute atomic E-state index is 11.6. The van der Waals surface area contributed by atoms with E-state index in [1.54, 1.807) is 6.07 Å². The molecule has 0 fully saturated rings. The van der Waals surface area contributed by atoms with Gasteiger partial charge in [0, 0.05) is 25.7 Å². The largest absolute Gasteiger partial charge is 0.383 e. The Balaban J connectivity index is 2.74. The quantitative estimate of drug-likeness (QED) is 0.608. The summed E-state index contributed by atoms with van der Waals surface area (Å²) in [5.41, 5.74) is 0.775. The van der Waals surface area contributed by atoms with Gasteiger partial charge in [-0.2, -0.15) is 0 Å². The van der Waals surface area contributed by atoms with E-state index in [9.17, 15) is 8.42 Å². The van der Waals surface area contributed by atoms with Crippen molar-refractivity contribution in [1.82, 2.24) is 9.71 Å². The van der Waals surface area contributed by atoms with Crippen molar-refractivity contribution in [2.75, 3.05) is 20.3 Å². The fourth-order valence-corrected chi connectivity index (χ4v) is 2.10. The number of sulfonamides is 1. The predicted molar refractivity (Wildman–Crippen MR) is 60.9 cm³/mol. The first-order valence-electron chi connectivity index (χ1n) is 4.59. The normalized spacial score (nSPS) is 11.6. The number of aromatic nitrogens is 1. The van der Waals surface area contributed by atoms with Crippen molar-refractivity contribution in [3.63, 3.8) is 0 Å². The Hall–Kier alpha value is -0.690. The van der Waals surface area contributed by atoms with Crippen molar-refractivity contribution < 1.29 is 13.2 Å². The molecule has 1 aromatic rings. The lowest BCUT2D eigenvalue weighted by atomic mass is 10.3. The molecule has 5 nitrogen and oxygen atoms in total. The first-order valence-corrected chi connectivity index (χ1v) is 6.61. The minimum Gasteiger partial charge on any atom is -0.383 e. The van der Waals surface area contributed by atoms with E-state index in [0.29, 0.717) is 12.5 Å². The standard InChI is InChI=1S/C9H13ClN2O3S/c1-15-5-4-12-16(13,14)9-3-2-8(6-10)7-11-9/h2-3,7,12H,4-6H2,1H3. The van der Waals surface area contributed by atoms with E-state index in [-0.39, 0.29) is 11.6 Å². The van der Waals surface area contributed by atoms with Gasteiger partial charge in [0.25, 0.3) is 10.0 Å². The Morgan fingerprint density at radius 1 is 1.50 bits per heavy atom. The summed E-state index contributed by atoms with van der Waals surface area (Å²) in [5.74, 6) is 0.310. The summed E-state index contributed by atoms with van der Waals surface area (Å²) in [5, 5.41) is -0.0162. The highest BCUT2D eigenvalue weighted by Gasteiger charge is 2.14. The number of nitrogens with zero attached hydrogens (tertiary/aromatic N) is 1. The summed E-state index contributed by atoms with van der Waals surface area (Å²) in [7, 11) is -2.04. The van der Waals surface area contributed by atoms with Crippen LogP contribution in [0, 0.1) is 0 Å². The monoisotopic (exact) mass is 264 g/mol. The fourth-order valence-electron chi connectivity index (χ4n) is 1.00. The van der Waals surface area contributed by atoms with E-state index >= 15 is 0 Å². The number of alkyl halides is 1. The summed E-state index contributed by atoms with van der Waals surface area (Å²) in [6.45, 7) is 0.538. The van der Waals surface area contributed by atoms with Crippen LogP contribution in [0.2, 0.25) is 0 Å². The van der Waals surface area contributed by atoms with E-state index in [1.807, 2.05) is 0 Å². The fraction of sp³-hybridized carbons (Fsp3) is 0.444. The highest BCUT2D eigenvalue weighted by Crippen LogP contribution is 2.07. The van der Waals surface area contributed by atoms with Crippen LogP contribution in [0.3, 0.4) is 0 Å². The lowest BCUT2D eigenvalue weighted by Crippen LogP contribution is -2.27. The molecule has 16 heavy (non-hydrogen) atoms. The molecule has 0 aromatic carbocycles. The van der Waals surface area contributed by atoms with Crippen molar-refractivity contribution in [3.05, 3.63) is 23.9 Å². The minimum atomic E-state index is -3.54. The van der Waals surface area contributed by atoms with Crippen LogP contribution >= 0.6 is 11.6 Å². The van der Waals surface area contributed by atoms with Gasteiger partial charge in [0.05, 0.1) is 6.61 Å². The Labute approximate surface area is 99.8 Å². The second-order valence-electron chi connectivity index (χ2n) is 3.03. The predicted octanol–water partition coefficient (Wildman–Crippen LogP) is 0.745. The van der Waals surface area contributed by atoms with Crippen molar-refractivity contribution in [2.45, 2.75) is 10.9 Å². The van der Waals surface area contributed by atoms with E-state index in [2.05, 4.69) is 9.71 Å². The topological polar surface area (TPSA) is 68.3 Å². The van der Waals surface area contributed by atoms with E-state index in [1.165, 1.54) is 19.4 Å². The molecule has 1 rings (SSSR count). The second-order valence-corrected chi connectivity index (χ2v) is 5.01. The molecular formula is C9H13ClN2O3S. The third kappa shape index (κ3) is 3.71.